The van der Waals surface area contributed by atoms with Gasteiger partial charge in [0.25, 0.3) is 5.56 Å². The van der Waals surface area contributed by atoms with E-state index in [2.05, 4.69) is 9.97 Å². The van der Waals surface area contributed by atoms with E-state index in [1.54, 1.807) is 4.90 Å². The van der Waals surface area contributed by atoms with Gasteiger partial charge in [-0.25, -0.2) is 9.78 Å². The van der Waals surface area contributed by atoms with Crippen LogP contribution in [0.25, 0.3) is 11.1 Å². The van der Waals surface area contributed by atoms with E-state index in [0.29, 0.717) is 19.0 Å². The zero-order valence-electron chi connectivity index (χ0n) is 14.8. The fraction of sp³-hybridized carbons (Fsp3) is 0.368. The van der Waals surface area contributed by atoms with Crippen molar-refractivity contribution in [1.82, 2.24) is 19.4 Å². The van der Waals surface area contributed by atoms with Crippen molar-refractivity contribution in [3.8, 4) is 0 Å². The van der Waals surface area contributed by atoms with Crippen LogP contribution in [0.3, 0.4) is 0 Å². The number of nitrogens with one attached hydrogen (secondary N) is 1. The molecule has 140 valence electrons. The number of nitrogens with zero attached hydrogens (tertiary/aromatic N) is 3. The third-order valence-electron chi connectivity index (χ3n) is 4.90. The summed E-state index contributed by atoms with van der Waals surface area (Å²) in [5, 5.41) is 0. The minimum Gasteiger partial charge on any atom is -0.440 e. The number of oxazole rings is 1. The number of H-pyrrole nitrogens is 1. The van der Waals surface area contributed by atoms with Gasteiger partial charge in [-0.2, -0.15) is 0 Å². The summed E-state index contributed by atoms with van der Waals surface area (Å²) >= 11 is 0. The monoisotopic (exact) mass is 368 g/mol. The van der Waals surface area contributed by atoms with E-state index in [9.17, 15) is 14.4 Å². The number of hydrogen-bond donors (Lipinski definition) is 1. The first kappa shape index (κ1) is 17.3. The lowest BCUT2D eigenvalue weighted by Crippen LogP contribution is -2.40. The number of aryl methyl sites for hydroxylation is 1. The van der Waals surface area contributed by atoms with Crippen LogP contribution >= 0.6 is 0 Å². The molecule has 1 aromatic carbocycles. The van der Waals surface area contributed by atoms with Crippen molar-refractivity contribution >= 4 is 17.0 Å². The normalized spacial score (nSPS) is 17.3. The molecule has 1 atom stereocenters. The van der Waals surface area contributed by atoms with Crippen LogP contribution in [-0.2, 0) is 11.3 Å². The van der Waals surface area contributed by atoms with Gasteiger partial charge in [-0.3, -0.25) is 14.6 Å². The lowest BCUT2D eigenvalue weighted by atomic mass is 9.97. The molecule has 0 aliphatic carbocycles. The van der Waals surface area contributed by atoms with Crippen LogP contribution in [0.2, 0.25) is 0 Å². The highest BCUT2D eigenvalue weighted by Gasteiger charge is 2.27. The fourth-order valence-corrected chi connectivity index (χ4v) is 3.46. The summed E-state index contributed by atoms with van der Waals surface area (Å²) in [5.41, 5.74) is 0.639. The van der Waals surface area contributed by atoms with Crippen molar-refractivity contribution in [2.45, 2.75) is 31.7 Å². The van der Waals surface area contributed by atoms with Crippen LogP contribution in [0.1, 0.15) is 31.1 Å². The maximum absolute atomic E-state index is 12.6. The van der Waals surface area contributed by atoms with Crippen LogP contribution in [0, 0.1) is 0 Å². The molecule has 3 heterocycles. The number of carbonyl (C=O) groups excluding carboxylic acids is 1. The van der Waals surface area contributed by atoms with Gasteiger partial charge in [0.15, 0.2) is 11.5 Å². The highest BCUT2D eigenvalue weighted by Crippen LogP contribution is 2.29. The van der Waals surface area contributed by atoms with E-state index in [4.69, 9.17) is 4.42 Å². The number of piperidine rings is 1. The molecule has 1 N–H and O–H groups in total. The Morgan fingerprint density at radius 2 is 2.11 bits per heavy atom. The Bertz CT molecular complexity index is 1050. The Morgan fingerprint density at radius 3 is 2.93 bits per heavy atom. The van der Waals surface area contributed by atoms with Crippen LogP contribution in [0.5, 0.6) is 0 Å². The van der Waals surface area contributed by atoms with E-state index in [-0.39, 0.29) is 24.8 Å². The summed E-state index contributed by atoms with van der Waals surface area (Å²) in [6, 6.07) is 8.91. The van der Waals surface area contributed by atoms with Gasteiger partial charge in [0.2, 0.25) is 5.91 Å². The van der Waals surface area contributed by atoms with Gasteiger partial charge >= 0.3 is 5.69 Å². The molecule has 0 saturated carbocycles. The topological polar surface area (TPSA) is 101 Å². The number of amides is 1. The number of carbonyl (C=O) groups is 1. The molecular formula is C19H20N4O4. The molecule has 0 spiro atoms. The van der Waals surface area contributed by atoms with Gasteiger partial charge in [-0.05, 0) is 25.0 Å². The average molecular weight is 368 g/mol. The first-order chi connectivity index (χ1) is 13.1. The molecule has 27 heavy (non-hydrogen) atoms. The van der Waals surface area contributed by atoms with E-state index >= 15 is 0 Å². The molecule has 2 aromatic heterocycles. The summed E-state index contributed by atoms with van der Waals surface area (Å²) in [4.78, 5) is 44.0. The third kappa shape index (κ3) is 3.69. The van der Waals surface area contributed by atoms with Gasteiger partial charge < -0.3 is 13.9 Å². The van der Waals surface area contributed by atoms with E-state index < -0.39 is 11.2 Å². The molecule has 0 bridgehead atoms. The van der Waals surface area contributed by atoms with Crippen molar-refractivity contribution in [1.29, 1.82) is 0 Å². The lowest BCUT2D eigenvalue weighted by Gasteiger charge is -2.31. The first-order valence-corrected chi connectivity index (χ1v) is 9.03. The number of aromatic amines is 1. The van der Waals surface area contributed by atoms with Gasteiger partial charge in [0.05, 0.1) is 5.92 Å². The first-order valence-electron chi connectivity index (χ1n) is 9.03. The van der Waals surface area contributed by atoms with Crippen molar-refractivity contribution in [2.24, 2.45) is 0 Å². The number of rotatable bonds is 4. The Hall–Kier alpha value is -3.16. The maximum Gasteiger partial charge on any atom is 0.328 e. The molecule has 8 nitrogen and oxygen atoms in total. The molecule has 8 heteroatoms. The Balaban J connectivity index is 1.42. The number of para-hydroxylation sites is 2. The Morgan fingerprint density at radius 1 is 1.26 bits per heavy atom. The minimum atomic E-state index is -0.502. The second-order valence-electron chi connectivity index (χ2n) is 6.75. The number of aromatic nitrogens is 3. The van der Waals surface area contributed by atoms with Gasteiger partial charge in [0, 0.05) is 38.3 Å². The summed E-state index contributed by atoms with van der Waals surface area (Å²) in [6.07, 6.45) is 3.42. The summed E-state index contributed by atoms with van der Waals surface area (Å²) in [5.74, 6) is 0.727. The summed E-state index contributed by atoms with van der Waals surface area (Å²) < 4.78 is 7.20. The van der Waals surface area contributed by atoms with Crippen LogP contribution in [0.4, 0.5) is 0 Å². The van der Waals surface area contributed by atoms with Crippen molar-refractivity contribution in [3.05, 3.63) is 63.3 Å². The van der Waals surface area contributed by atoms with Crippen molar-refractivity contribution in [3.63, 3.8) is 0 Å². The second-order valence-corrected chi connectivity index (χ2v) is 6.75. The zero-order valence-corrected chi connectivity index (χ0v) is 14.8. The van der Waals surface area contributed by atoms with Crippen molar-refractivity contribution < 1.29 is 9.21 Å². The van der Waals surface area contributed by atoms with Crippen LogP contribution in [-0.4, -0.2) is 38.4 Å². The predicted molar refractivity (Wildman–Crippen MR) is 98.5 cm³/mol. The standard InChI is InChI=1S/C19H20N4O4/c24-16-7-10-22(19(26)21-16)11-8-17(25)23-9-3-4-13(12-23)18-20-14-5-1-2-6-15(14)27-18/h1-2,5-7,10,13H,3-4,8-9,11-12H2,(H,21,24,26)/t13-/m0/s1. The molecule has 1 amide bonds. The van der Waals surface area contributed by atoms with Gasteiger partial charge in [-0.1, -0.05) is 12.1 Å². The van der Waals surface area contributed by atoms with Crippen LogP contribution < -0.4 is 11.2 Å². The Kier molecular flexibility index (Phi) is 4.62. The molecule has 1 saturated heterocycles. The molecule has 1 fully saturated rings. The fourth-order valence-electron chi connectivity index (χ4n) is 3.46. The molecular weight excluding hydrogens is 348 g/mol. The van der Waals surface area contributed by atoms with E-state index in [1.165, 1.54) is 16.8 Å². The quantitative estimate of drug-likeness (QED) is 0.751. The Labute approximate surface area is 154 Å². The molecule has 1 aliphatic heterocycles. The molecule has 1 aliphatic rings. The number of hydrogen-bond acceptors (Lipinski definition) is 5. The molecule has 3 aromatic rings. The minimum absolute atomic E-state index is 0.0195. The average Bonchev–Trinajstić information content (AvgIpc) is 3.11. The number of benzene rings is 1. The number of fused-ring (bicyclic) bond motifs is 1. The second kappa shape index (κ2) is 7.22. The maximum atomic E-state index is 12.6. The van der Waals surface area contributed by atoms with E-state index in [1.807, 2.05) is 24.3 Å². The SMILES string of the molecule is O=C(CCn1ccc(=O)[nH]c1=O)N1CCC[C@H](c2nc3ccccc3o2)C1. The zero-order chi connectivity index (χ0) is 18.8. The van der Waals surface area contributed by atoms with E-state index in [0.717, 1.165) is 23.9 Å². The van der Waals surface area contributed by atoms with Crippen molar-refractivity contribution in [2.75, 3.05) is 13.1 Å². The van der Waals surface area contributed by atoms with Crippen LogP contribution in [0.15, 0.2) is 50.5 Å². The summed E-state index contributed by atoms with van der Waals surface area (Å²) in [7, 11) is 0. The molecule has 0 radical (unpaired) electrons. The predicted octanol–water partition coefficient (Wildman–Crippen LogP) is 1.47. The highest BCUT2D eigenvalue weighted by molar-refractivity contribution is 5.76. The highest BCUT2D eigenvalue weighted by atomic mass is 16.3. The molecule has 4 rings (SSSR count). The third-order valence-corrected chi connectivity index (χ3v) is 4.90. The summed E-state index contributed by atoms with van der Waals surface area (Å²) in [6.45, 7) is 1.49. The van der Waals surface area contributed by atoms with Gasteiger partial charge in [-0.15, -0.1) is 0 Å². The van der Waals surface area contributed by atoms with Gasteiger partial charge in [0.1, 0.15) is 5.52 Å². The molecule has 0 unspecified atom stereocenters. The largest absolute Gasteiger partial charge is 0.440 e. The smallest absolute Gasteiger partial charge is 0.328 e. The number of likely N-dealkylation sites (tertiary alicyclic amines) is 1. The lowest BCUT2D eigenvalue weighted by molar-refractivity contribution is -0.132.